The maximum Gasteiger partial charge on any atom is 0.289 e. The molecule has 0 spiro atoms. The minimum absolute atomic E-state index is 0.0380. The molecule has 1 atom stereocenters. The Labute approximate surface area is 154 Å². The normalized spacial score (nSPS) is 18.8. The Kier molecular flexibility index (Phi) is 5.84. The summed E-state index contributed by atoms with van der Waals surface area (Å²) in [5.74, 6) is -0.737. The van der Waals surface area contributed by atoms with Crippen molar-refractivity contribution in [3.8, 4) is 6.07 Å². The van der Waals surface area contributed by atoms with Crippen LogP contribution in [0, 0.1) is 21.4 Å². The molecule has 1 aliphatic heterocycles. The van der Waals surface area contributed by atoms with Gasteiger partial charge < -0.3 is 10.2 Å². The average molecular weight is 399 g/mol. The van der Waals surface area contributed by atoms with E-state index in [1.807, 2.05) is 0 Å². The lowest BCUT2D eigenvalue weighted by Gasteiger charge is -2.21. The molecule has 11 heteroatoms. The number of nitrogens with zero attached hydrogens (tertiary/aromatic N) is 3. The fourth-order valence-electron chi connectivity index (χ4n) is 2.47. The summed E-state index contributed by atoms with van der Waals surface area (Å²) < 4.78 is 23.1. The Bertz CT molecular complexity index is 922. The van der Waals surface area contributed by atoms with E-state index in [-0.39, 0.29) is 39.5 Å². The average Bonchev–Trinajstić information content (AvgIpc) is 2.93. The highest BCUT2D eigenvalue weighted by atomic mass is 35.5. The van der Waals surface area contributed by atoms with Gasteiger partial charge in [0.2, 0.25) is 0 Å². The van der Waals surface area contributed by atoms with Gasteiger partial charge in [-0.25, -0.2) is 8.42 Å². The van der Waals surface area contributed by atoms with Crippen LogP contribution in [0.15, 0.2) is 30.0 Å². The number of halogens is 1. The lowest BCUT2D eigenvalue weighted by atomic mass is 10.2. The predicted molar refractivity (Wildman–Crippen MR) is 95.3 cm³/mol. The van der Waals surface area contributed by atoms with Gasteiger partial charge in [-0.05, 0) is 18.6 Å². The molecule has 1 aliphatic rings. The molecule has 1 heterocycles. The highest BCUT2D eigenvalue weighted by molar-refractivity contribution is 7.91. The summed E-state index contributed by atoms with van der Waals surface area (Å²) in [6.07, 6.45) is 1.68. The monoisotopic (exact) mass is 398 g/mol. The van der Waals surface area contributed by atoms with Gasteiger partial charge in [0.05, 0.1) is 16.4 Å². The Morgan fingerprint density at radius 1 is 1.54 bits per heavy atom. The van der Waals surface area contributed by atoms with Gasteiger partial charge in [0.1, 0.15) is 16.7 Å². The summed E-state index contributed by atoms with van der Waals surface area (Å²) in [5.41, 5.74) is -0.520. The predicted octanol–water partition coefficient (Wildman–Crippen LogP) is 1.71. The SMILES string of the molecule is CN(/C=C(/C#N)C(=O)Nc1ccc(Cl)c([N+](=O)[O-])c1)C1CCS(=O)(=O)C1. The van der Waals surface area contributed by atoms with Crippen LogP contribution in [0.2, 0.25) is 5.02 Å². The van der Waals surface area contributed by atoms with Crippen molar-refractivity contribution in [2.45, 2.75) is 12.5 Å². The van der Waals surface area contributed by atoms with E-state index >= 15 is 0 Å². The number of nitro benzene ring substituents is 1. The molecule has 0 bridgehead atoms. The Hall–Kier alpha value is -2.64. The van der Waals surface area contributed by atoms with E-state index in [2.05, 4.69) is 5.32 Å². The van der Waals surface area contributed by atoms with Crippen LogP contribution in [0.25, 0.3) is 0 Å². The topological polar surface area (TPSA) is 133 Å². The summed E-state index contributed by atoms with van der Waals surface area (Å²) in [7, 11) is -1.51. The summed E-state index contributed by atoms with van der Waals surface area (Å²) in [6, 6.07) is 5.15. The molecule has 1 N–H and O–H groups in total. The number of rotatable bonds is 5. The maximum atomic E-state index is 12.2. The summed E-state index contributed by atoms with van der Waals surface area (Å²) >= 11 is 5.71. The fraction of sp³-hybridized carbons (Fsp3) is 0.333. The third kappa shape index (κ3) is 4.71. The Morgan fingerprint density at radius 3 is 2.77 bits per heavy atom. The van der Waals surface area contributed by atoms with Gasteiger partial charge in [-0.3, -0.25) is 14.9 Å². The highest BCUT2D eigenvalue weighted by Crippen LogP contribution is 2.27. The number of anilines is 1. The van der Waals surface area contributed by atoms with Crippen molar-refractivity contribution in [3.63, 3.8) is 0 Å². The number of amides is 1. The van der Waals surface area contributed by atoms with Crippen LogP contribution in [-0.2, 0) is 14.6 Å². The molecule has 0 aliphatic carbocycles. The van der Waals surface area contributed by atoms with E-state index in [1.165, 1.54) is 23.2 Å². The van der Waals surface area contributed by atoms with Crippen molar-refractivity contribution >= 4 is 38.7 Å². The molecule has 1 unspecified atom stereocenters. The standard InChI is InChI=1S/C15H15ClN4O5S/c1-19(12-4-5-26(24,25)9-12)8-10(7-17)15(21)18-11-2-3-13(16)14(6-11)20(22)23/h2-3,6,8,12H,4-5,9H2,1H3,(H,18,21)/b10-8-. The molecule has 1 amide bonds. The minimum Gasteiger partial charge on any atom is -0.375 e. The number of carbonyl (C=O) groups excluding carboxylic acids is 1. The van der Waals surface area contributed by atoms with Crippen molar-refractivity contribution in [1.29, 1.82) is 5.26 Å². The zero-order valence-corrected chi connectivity index (χ0v) is 15.2. The second kappa shape index (κ2) is 7.72. The number of hydrogen-bond acceptors (Lipinski definition) is 7. The number of nitro groups is 1. The number of nitriles is 1. The molecule has 1 aromatic rings. The second-order valence-electron chi connectivity index (χ2n) is 5.75. The zero-order valence-electron chi connectivity index (χ0n) is 13.7. The van der Waals surface area contributed by atoms with Crippen molar-refractivity contribution in [3.05, 3.63) is 45.1 Å². The Balaban J connectivity index is 2.15. The molecule has 2 rings (SSSR count). The van der Waals surface area contributed by atoms with E-state index in [9.17, 15) is 28.6 Å². The molecule has 0 radical (unpaired) electrons. The minimum atomic E-state index is -3.10. The lowest BCUT2D eigenvalue weighted by Crippen LogP contribution is -2.29. The van der Waals surface area contributed by atoms with Gasteiger partial charge >= 0.3 is 0 Å². The largest absolute Gasteiger partial charge is 0.375 e. The lowest BCUT2D eigenvalue weighted by molar-refractivity contribution is -0.384. The van der Waals surface area contributed by atoms with Gasteiger partial charge in [-0.1, -0.05) is 11.6 Å². The molecule has 1 fully saturated rings. The number of nitrogens with one attached hydrogen (secondary N) is 1. The molecule has 1 saturated heterocycles. The summed E-state index contributed by atoms with van der Waals surface area (Å²) in [5, 5.41) is 22.4. The molecule has 9 nitrogen and oxygen atoms in total. The van der Waals surface area contributed by atoms with Crippen LogP contribution in [0.5, 0.6) is 0 Å². The first-order chi connectivity index (χ1) is 12.1. The molecule has 0 saturated carbocycles. The van der Waals surface area contributed by atoms with Crippen molar-refractivity contribution in [1.82, 2.24) is 4.90 Å². The van der Waals surface area contributed by atoms with Crippen LogP contribution in [-0.4, -0.2) is 48.7 Å². The van der Waals surface area contributed by atoms with E-state index in [4.69, 9.17) is 11.6 Å². The van der Waals surface area contributed by atoms with Crippen LogP contribution < -0.4 is 5.32 Å². The van der Waals surface area contributed by atoms with Crippen LogP contribution in [0.1, 0.15) is 6.42 Å². The van der Waals surface area contributed by atoms with E-state index in [0.29, 0.717) is 6.42 Å². The highest BCUT2D eigenvalue weighted by Gasteiger charge is 2.30. The van der Waals surface area contributed by atoms with Crippen molar-refractivity contribution < 1.29 is 18.1 Å². The summed E-state index contributed by atoms with van der Waals surface area (Å²) in [6.45, 7) is 0. The van der Waals surface area contributed by atoms with E-state index in [0.717, 1.165) is 6.07 Å². The first-order valence-electron chi connectivity index (χ1n) is 7.42. The second-order valence-corrected chi connectivity index (χ2v) is 8.39. The first-order valence-corrected chi connectivity index (χ1v) is 9.62. The fourth-order valence-corrected chi connectivity index (χ4v) is 4.45. The van der Waals surface area contributed by atoms with E-state index < -0.39 is 20.7 Å². The molecular formula is C15H15ClN4O5S. The summed E-state index contributed by atoms with van der Waals surface area (Å²) in [4.78, 5) is 24.0. The Morgan fingerprint density at radius 2 is 2.23 bits per heavy atom. The van der Waals surface area contributed by atoms with Crippen LogP contribution in [0.4, 0.5) is 11.4 Å². The molecule has 0 aromatic heterocycles. The number of hydrogen-bond donors (Lipinski definition) is 1. The van der Waals surface area contributed by atoms with Gasteiger partial charge in [-0.15, -0.1) is 0 Å². The number of sulfone groups is 1. The molecule has 138 valence electrons. The van der Waals surface area contributed by atoms with Crippen molar-refractivity contribution in [2.75, 3.05) is 23.9 Å². The van der Waals surface area contributed by atoms with E-state index in [1.54, 1.807) is 13.1 Å². The van der Waals surface area contributed by atoms with Crippen LogP contribution in [0.3, 0.4) is 0 Å². The zero-order chi connectivity index (χ0) is 19.5. The molecule has 26 heavy (non-hydrogen) atoms. The van der Waals surface area contributed by atoms with Gasteiger partial charge in [0, 0.05) is 31.0 Å². The third-order valence-corrected chi connectivity index (χ3v) is 5.95. The van der Waals surface area contributed by atoms with Gasteiger partial charge in [0.15, 0.2) is 9.84 Å². The number of benzene rings is 1. The third-order valence-electron chi connectivity index (χ3n) is 3.88. The molecule has 1 aromatic carbocycles. The maximum absolute atomic E-state index is 12.2. The number of carbonyl (C=O) groups is 1. The smallest absolute Gasteiger partial charge is 0.289 e. The molecular weight excluding hydrogens is 384 g/mol. The van der Waals surface area contributed by atoms with Gasteiger partial charge in [0.25, 0.3) is 11.6 Å². The van der Waals surface area contributed by atoms with Gasteiger partial charge in [-0.2, -0.15) is 5.26 Å². The van der Waals surface area contributed by atoms with Crippen molar-refractivity contribution in [2.24, 2.45) is 0 Å². The first kappa shape index (κ1) is 19.7. The quantitative estimate of drug-likeness (QED) is 0.345. The van der Waals surface area contributed by atoms with Crippen LogP contribution >= 0.6 is 11.6 Å².